The molecule has 0 aromatic heterocycles. The molecule has 1 aromatic rings. The lowest BCUT2D eigenvalue weighted by molar-refractivity contribution is 0.0999. The van der Waals surface area contributed by atoms with E-state index in [0.29, 0.717) is 17.0 Å². The average molecular weight is 251 g/mol. The number of rotatable bonds is 2. The second kappa shape index (κ2) is 5.31. The van der Waals surface area contributed by atoms with Crippen LogP contribution in [0.25, 0.3) is 0 Å². The Morgan fingerprint density at radius 1 is 1.59 bits per heavy atom. The predicted octanol–water partition coefficient (Wildman–Crippen LogP) is 2.45. The Labute approximate surface area is 104 Å². The first-order valence-electron chi connectivity index (χ1n) is 5.42. The molecule has 0 aliphatic carbocycles. The normalized spacial score (nSPS) is 21.5. The third-order valence-electron chi connectivity index (χ3n) is 2.46. The van der Waals surface area contributed by atoms with Crippen LogP contribution < -0.4 is 5.32 Å². The summed E-state index contributed by atoms with van der Waals surface area (Å²) >= 11 is 1.48. The molecule has 1 fully saturated rings. The molecular weight excluding hydrogens is 239 g/mol. The highest BCUT2D eigenvalue weighted by atomic mass is 32.2. The zero-order valence-electron chi connectivity index (χ0n) is 9.39. The Bertz CT molecular complexity index is 462. The number of hydrogen-bond donors (Lipinski definition) is 0. The van der Waals surface area contributed by atoms with E-state index in [1.54, 1.807) is 12.1 Å². The summed E-state index contributed by atoms with van der Waals surface area (Å²) < 4.78 is 13.3. The largest absolute Gasteiger partial charge is 0.282 e. The molecule has 1 aliphatic rings. The van der Waals surface area contributed by atoms with Crippen LogP contribution in [0.3, 0.4) is 0 Å². The van der Waals surface area contributed by atoms with Crippen molar-refractivity contribution in [2.45, 2.75) is 18.6 Å². The third-order valence-corrected chi connectivity index (χ3v) is 3.71. The van der Waals surface area contributed by atoms with Crippen molar-refractivity contribution in [3.05, 3.63) is 35.6 Å². The van der Waals surface area contributed by atoms with Gasteiger partial charge in [-0.3, -0.25) is 10.1 Å². The summed E-state index contributed by atoms with van der Waals surface area (Å²) in [5.74, 6) is -1.11. The number of halogens is 1. The van der Waals surface area contributed by atoms with Gasteiger partial charge >= 0.3 is 0 Å². The zero-order valence-corrected chi connectivity index (χ0v) is 10.2. The van der Waals surface area contributed by atoms with E-state index in [4.69, 9.17) is 0 Å². The van der Waals surface area contributed by atoms with Crippen LogP contribution in [0.4, 0.5) is 4.39 Å². The van der Waals surface area contributed by atoms with Gasteiger partial charge in [-0.15, -0.1) is 0 Å². The summed E-state index contributed by atoms with van der Waals surface area (Å²) in [6, 6.07) is 5.84. The minimum absolute atomic E-state index is 0.00394. The van der Waals surface area contributed by atoms with Crippen molar-refractivity contribution in [1.29, 1.82) is 0 Å². The highest BCUT2D eigenvalue weighted by Crippen LogP contribution is 2.22. The van der Waals surface area contributed by atoms with Gasteiger partial charge < -0.3 is 0 Å². The van der Waals surface area contributed by atoms with Crippen molar-refractivity contribution >= 4 is 22.8 Å². The van der Waals surface area contributed by atoms with Gasteiger partial charge in [0.25, 0.3) is 5.91 Å². The fraction of sp³-hybridized carbons (Fsp3) is 0.333. The second-order valence-electron chi connectivity index (χ2n) is 3.67. The number of carbonyl (C=O) groups is 1. The minimum atomic E-state index is -0.564. The smallest absolute Gasteiger partial charge is 0.267 e. The highest BCUT2D eigenvalue weighted by Gasteiger charge is 2.22. The fourth-order valence-electron chi connectivity index (χ4n) is 1.46. The van der Waals surface area contributed by atoms with Gasteiger partial charge in [-0.25, -0.2) is 4.39 Å². The second-order valence-corrected chi connectivity index (χ2v) is 4.94. The highest BCUT2D eigenvalue weighted by molar-refractivity contribution is 8.14. The monoisotopic (exact) mass is 251 g/mol. The number of carbonyl (C=O) groups excluding carboxylic acids is 1. The maximum atomic E-state index is 13.3. The van der Waals surface area contributed by atoms with Crippen LogP contribution in [-0.4, -0.2) is 22.9 Å². The van der Waals surface area contributed by atoms with Crippen molar-refractivity contribution in [2.75, 3.05) is 6.54 Å². The van der Waals surface area contributed by atoms with Crippen LogP contribution in [0.15, 0.2) is 29.3 Å². The number of thioether (sulfide) groups is 1. The predicted molar refractivity (Wildman–Crippen MR) is 66.8 cm³/mol. The minimum Gasteiger partial charge on any atom is -0.267 e. The first kappa shape index (κ1) is 12.1. The molecule has 3 nitrogen and oxygen atoms in total. The zero-order chi connectivity index (χ0) is 12.3. The van der Waals surface area contributed by atoms with Crippen LogP contribution in [-0.2, 0) is 0 Å². The molecule has 89 valence electrons. The van der Waals surface area contributed by atoms with Gasteiger partial charge in [-0.2, -0.15) is 4.99 Å². The molecule has 0 spiro atoms. The van der Waals surface area contributed by atoms with Crippen LogP contribution >= 0.6 is 11.8 Å². The molecule has 0 saturated carbocycles. The van der Waals surface area contributed by atoms with Crippen LogP contribution in [0.5, 0.6) is 0 Å². The summed E-state index contributed by atoms with van der Waals surface area (Å²) in [6.07, 6.45) is 0.987. The average Bonchev–Trinajstić information content (AvgIpc) is 2.77. The number of nitrogens with zero attached hydrogens (tertiary/aromatic N) is 2. The van der Waals surface area contributed by atoms with Gasteiger partial charge in [0, 0.05) is 5.25 Å². The van der Waals surface area contributed by atoms with Gasteiger partial charge in [0.15, 0.2) is 5.17 Å². The molecule has 0 N–H and O–H groups in total. The Balaban J connectivity index is 2.12. The maximum absolute atomic E-state index is 13.3. The summed E-state index contributed by atoms with van der Waals surface area (Å²) in [5.41, 5.74) is -0.00394. The Hall–Kier alpha value is -1.36. The van der Waals surface area contributed by atoms with Crippen LogP contribution in [0.2, 0.25) is 0 Å². The van der Waals surface area contributed by atoms with Crippen molar-refractivity contribution < 1.29 is 9.18 Å². The quantitative estimate of drug-likeness (QED) is 0.810. The van der Waals surface area contributed by atoms with Gasteiger partial charge in [-0.05, 0) is 18.6 Å². The lowest BCUT2D eigenvalue weighted by atomic mass is 10.2. The van der Waals surface area contributed by atoms with Crippen LogP contribution in [0, 0.1) is 5.82 Å². The van der Waals surface area contributed by atoms with Gasteiger partial charge in [0.2, 0.25) is 0 Å². The molecule has 1 unspecified atom stereocenters. The molecule has 1 atom stereocenters. The SMILES string of the molecule is CCC1C[N]C(=NC(=O)c2ccccc2F)S1. The lowest BCUT2D eigenvalue weighted by Crippen LogP contribution is -2.09. The third kappa shape index (κ3) is 2.85. The molecule has 1 heterocycles. The molecular formula is C12H12FN2OS. The standard InChI is InChI=1S/C12H12FN2OS/c1-2-8-7-14-12(17-8)15-11(16)9-5-3-4-6-10(9)13/h3-6,8H,2,7H2,1H3. The molecule has 0 bridgehead atoms. The van der Waals surface area contributed by atoms with Gasteiger partial charge in [0.05, 0.1) is 12.1 Å². The number of amides is 1. The van der Waals surface area contributed by atoms with Crippen molar-refractivity contribution in [2.24, 2.45) is 4.99 Å². The number of aliphatic imine (C=N–C) groups is 1. The van der Waals surface area contributed by atoms with Crippen molar-refractivity contribution in [3.8, 4) is 0 Å². The topological polar surface area (TPSA) is 43.5 Å². The number of benzene rings is 1. The van der Waals surface area contributed by atoms with E-state index in [1.165, 1.54) is 23.9 Å². The van der Waals surface area contributed by atoms with Crippen molar-refractivity contribution in [3.63, 3.8) is 0 Å². The lowest BCUT2D eigenvalue weighted by Gasteiger charge is -1.99. The van der Waals surface area contributed by atoms with E-state index < -0.39 is 11.7 Å². The molecule has 1 saturated heterocycles. The molecule has 1 amide bonds. The first-order chi connectivity index (χ1) is 8.20. The number of hydrogen-bond acceptors (Lipinski definition) is 2. The Morgan fingerprint density at radius 3 is 3.00 bits per heavy atom. The van der Waals surface area contributed by atoms with E-state index in [0.717, 1.165) is 6.42 Å². The van der Waals surface area contributed by atoms with Gasteiger partial charge in [-0.1, -0.05) is 30.8 Å². The Kier molecular flexibility index (Phi) is 3.78. The first-order valence-corrected chi connectivity index (χ1v) is 6.30. The molecule has 1 radical (unpaired) electrons. The molecule has 1 aromatic carbocycles. The van der Waals surface area contributed by atoms with E-state index in [2.05, 4.69) is 17.2 Å². The van der Waals surface area contributed by atoms with Gasteiger partial charge in [0.1, 0.15) is 5.82 Å². The molecule has 2 rings (SSSR count). The fourth-order valence-corrected chi connectivity index (χ4v) is 2.36. The summed E-state index contributed by atoms with van der Waals surface area (Å²) in [5, 5.41) is 5.01. The van der Waals surface area contributed by atoms with E-state index >= 15 is 0 Å². The summed E-state index contributed by atoms with van der Waals surface area (Å²) in [6.45, 7) is 2.75. The number of amidine groups is 1. The van der Waals surface area contributed by atoms with E-state index in [-0.39, 0.29) is 5.56 Å². The summed E-state index contributed by atoms with van der Waals surface area (Å²) in [4.78, 5) is 15.6. The summed E-state index contributed by atoms with van der Waals surface area (Å²) in [7, 11) is 0. The molecule has 17 heavy (non-hydrogen) atoms. The maximum Gasteiger partial charge on any atom is 0.282 e. The van der Waals surface area contributed by atoms with Crippen molar-refractivity contribution in [1.82, 2.24) is 5.32 Å². The van der Waals surface area contributed by atoms with Crippen LogP contribution in [0.1, 0.15) is 23.7 Å². The Morgan fingerprint density at radius 2 is 2.35 bits per heavy atom. The van der Waals surface area contributed by atoms with E-state index in [9.17, 15) is 9.18 Å². The molecule has 5 heteroatoms. The molecule has 1 aliphatic heterocycles. The van der Waals surface area contributed by atoms with E-state index in [1.807, 2.05) is 0 Å².